The highest BCUT2D eigenvalue weighted by Gasteiger charge is 2.29. The lowest BCUT2D eigenvalue weighted by atomic mass is 9.93. The number of para-hydroxylation sites is 1. The molecule has 21 heavy (non-hydrogen) atoms. The summed E-state index contributed by atoms with van der Waals surface area (Å²) in [6.45, 7) is 5.19. The summed E-state index contributed by atoms with van der Waals surface area (Å²) in [7, 11) is 1.66. The monoisotopic (exact) mass is 296 g/mol. The Balaban J connectivity index is 2.07. The molecule has 0 spiro atoms. The van der Waals surface area contributed by atoms with Crippen molar-refractivity contribution < 1.29 is 14.2 Å². The van der Waals surface area contributed by atoms with Gasteiger partial charge in [0.1, 0.15) is 5.82 Å². The first-order valence-corrected chi connectivity index (χ1v) is 7.48. The molecule has 4 nitrogen and oxygen atoms in total. The molecule has 1 aromatic rings. The zero-order chi connectivity index (χ0) is 15.3. The minimum absolute atomic E-state index is 0.192. The maximum Gasteiger partial charge on any atom is 0.146 e. The van der Waals surface area contributed by atoms with Crippen molar-refractivity contribution in [1.29, 1.82) is 0 Å². The van der Waals surface area contributed by atoms with E-state index in [1.165, 1.54) is 6.07 Å². The normalized spacial score (nSPS) is 18.0. The summed E-state index contributed by atoms with van der Waals surface area (Å²) in [6.07, 6.45) is 1.33. The van der Waals surface area contributed by atoms with Gasteiger partial charge in [-0.1, -0.05) is 12.1 Å². The zero-order valence-electron chi connectivity index (χ0n) is 12.9. The second kappa shape index (κ2) is 7.20. The van der Waals surface area contributed by atoms with Gasteiger partial charge in [-0.3, -0.25) is 0 Å². The van der Waals surface area contributed by atoms with E-state index in [0.717, 1.165) is 12.1 Å². The number of piperidine rings is 1. The number of ether oxygens (including phenoxy) is 1. The Hall–Kier alpha value is -1.17. The molecule has 1 aliphatic heterocycles. The van der Waals surface area contributed by atoms with Gasteiger partial charge in [-0.05, 0) is 31.4 Å². The summed E-state index contributed by atoms with van der Waals surface area (Å²) in [5.74, 6) is -0.192. The SMILES string of the molecule is COCCNCc1cccc(F)c1N1CCC(C)(O)CC1. The van der Waals surface area contributed by atoms with E-state index in [2.05, 4.69) is 5.32 Å². The Morgan fingerprint density at radius 3 is 2.76 bits per heavy atom. The van der Waals surface area contributed by atoms with Gasteiger partial charge in [0.25, 0.3) is 0 Å². The highest BCUT2D eigenvalue weighted by molar-refractivity contribution is 5.55. The highest BCUT2D eigenvalue weighted by atomic mass is 19.1. The molecule has 0 unspecified atom stereocenters. The number of rotatable bonds is 6. The number of aliphatic hydroxyl groups is 1. The molecule has 2 rings (SSSR count). The molecule has 1 saturated heterocycles. The third-order valence-corrected chi connectivity index (χ3v) is 4.03. The number of benzene rings is 1. The Bertz CT molecular complexity index is 456. The first-order valence-electron chi connectivity index (χ1n) is 7.48. The molecule has 0 bridgehead atoms. The van der Waals surface area contributed by atoms with E-state index in [1.54, 1.807) is 13.2 Å². The van der Waals surface area contributed by atoms with E-state index in [1.807, 2.05) is 17.9 Å². The fraction of sp³-hybridized carbons (Fsp3) is 0.625. The molecule has 1 aromatic carbocycles. The first kappa shape index (κ1) is 16.2. The molecule has 0 aromatic heterocycles. The Morgan fingerprint density at radius 1 is 1.38 bits per heavy atom. The molecule has 5 heteroatoms. The molecule has 0 amide bonds. The van der Waals surface area contributed by atoms with Crippen LogP contribution in [0.4, 0.5) is 10.1 Å². The topological polar surface area (TPSA) is 44.7 Å². The third-order valence-electron chi connectivity index (χ3n) is 4.03. The number of nitrogens with one attached hydrogen (secondary N) is 1. The number of methoxy groups -OCH3 is 1. The van der Waals surface area contributed by atoms with E-state index in [-0.39, 0.29) is 5.82 Å². The number of nitrogens with zero attached hydrogens (tertiary/aromatic N) is 1. The second-order valence-electron chi connectivity index (χ2n) is 5.90. The number of anilines is 1. The van der Waals surface area contributed by atoms with Gasteiger partial charge in [0, 0.05) is 33.3 Å². The fourth-order valence-corrected chi connectivity index (χ4v) is 2.67. The molecule has 118 valence electrons. The van der Waals surface area contributed by atoms with Gasteiger partial charge >= 0.3 is 0 Å². The summed E-state index contributed by atoms with van der Waals surface area (Å²) < 4.78 is 19.2. The molecule has 1 heterocycles. The number of hydrogen-bond acceptors (Lipinski definition) is 4. The van der Waals surface area contributed by atoms with Crippen molar-refractivity contribution in [1.82, 2.24) is 5.32 Å². The summed E-state index contributed by atoms with van der Waals surface area (Å²) in [6, 6.07) is 5.19. The van der Waals surface area contributed by atoms with Gasteiger partial charge in [0.15, 0.2) is 0 Å². The smallest absolute Gasteiger partial charge is 0.146 e. The minimum Gasteiger partial charge on any atom is -0.390 e. The Kier molecular flexibility index (Phi) is 5.56. The van der Waals surface area contributed by atoms with Gasteiger partial charge < -0.3 is 20.1 Å². The third kappa shape index (κ3) is 4.40. The average molecular weight is 296 g/mol. The van der Waals surface area contributed by atoms with Crippen LogP contribution in [-0.2, 0) is 11.3 Å². The van der Waals surface area contributed by atoms with Gasteiger partial charge in [-0.15, -0.1) is 0 Å². The Morgan fingerprint density at radius 2 is 2.10 bits per heavy atom. The number of hydrogen-bond donors (Lipinski definition) is 2. The fourth-order valence-electron chi connectivity index (χ4n) is 2.67. The minimum atomic E-state index is -0.626. The van der Waals surface area contributed by atoms with Gasteiger partial charge in [0.05, 0.1) is 17.9 Å². The summed E-state index contributed by atoms with van der Waals surface area (Å²) >= 11 is 0. The standard InChI is InChI=1S/C16H25FN2O2/c1-16(20)6-9-19(10-7-16)15-13(4-3-5-14(15)17)12-18-8-11-21-2/h3-5,18,20H,6-12H2,1-2H3. The van der Waals surface area contributed by atoms with E-state index in [0.29, 0.717) is 44.8 Å². The zero-order valence-corrected chi connectivity index (χ0v) is 12.9. The molecular formula is C16H25FN2O2. The van der Waals surface area contributed by atoms with Crippen LogP contribution in [-0.4, -0.2) is 44.1 Å². The van der Waals surface area contributed by atoms with Crippen molar-refractivity contribution in [2.45, 2.75) is 31.9 Å². The van der Waals surface area contributed by atoms with E-state index in [9.17, 15) is 9.50 Å². The van der Waals surface area contributed by atoms with Crippen LogP contribution >= 0.6 is 0 Å². The van der Waals surface area contributed by atoms with Crippen LogP contribution in [0.3, 0.4) is 0 Å². The Labute approximate surface area is 125 Å². The number of halogens is 1. The van der Waals surface area contributed by atoms with Crippen LogP contribution in [0.15, 0.2) is 18.2 Å². The predicted octanol–water partition coefficient (Wildman–Crippen LogP) is 1.91. The maximum atomic E-state index is 14.2. The lowest BCUT2D eigenvalue weighted by Gasteiger charge is -2.38. The summed E-state index contributed by atoms with van der Waals surface area (Å²) in [4.78, 5) is 2.04. The lowest BCUT2D eigenvalue weighted by Crippen LogP contribution is -2.43. The molecule has 0 atom stereocenters. The van der Waals surface area contributed by atoms with Crippen molar-refractivity contribution in [3.8, 4) is 0 Å². The van der Waals surface area contributed by atoms with Gasteiger partial charge in [0.2, 0.25) is 0 Å². The largest absolute Gasteiger partial charge is 0.390 e. The average Bonchev–Trinajstić information content (AvgIpc) is 2.45. The highest BCUT2D eigenvalue weighted by Crippen LogP contribution is 2.30. The van der Waals surface area contributed by atoms with E-state index < -0.39 is 5.60 Å². The van der Waals surface area contributed by atoms with Crippen molar-refractivity contribution in [3.05, 3.63) is 29.6 Å². The maximum absolute atomic E-state index is 14.2. The van der Waals surface area contributed by atoms with Gasteiger partial charge in [-0.2, -0.15) is 0 Å². The van der Waals surface area contributed by atoms with E-state index in [4.69, 9.17) is 4.74 Å². The van der Waals surface area contributed by atoms with Crippen molar-refractivity contribution in [2.24, 2.45) is 0 Å². The van der Waals surface area contributed by atoms with Crippen LogP contribution in [0.1, 0.15) is 25.3 Å². The van der Waals surface area contributed by atoms with Gasteiger partial charge in [-0.25, -0.2) is 4.39 Å². The van der Waals surface area contributed by atoms with Crippen molar-refractivity contribution >= 4 is 5.69 Å². The quantitative estimate of drug-likeness (QED) is 0.787. The first-order chi connectivity index (χ1) is 10.0. The molecule has 1 aliphatic rings. The van der Waals surface area contributed by atoms with Crippen molar-refractivity contribution in [3.63, 3.8) is 0 Å². The van der Waals surface area contributed by atoms with Crippen LogP contribution < -0.4 is 10.2 Å². The van der Waals surface area contributed by atoms with Crippen molar-refractivity contribution in [2.75, 3.05) is 38.3 Å². The molecule has 1 fully saturated rings. The predicted molar refractivity (Wildman–Crippen MR) is 82.1 cm³/mol. The lowest BCUT2D eigenvalue weighted by molar-refractivity contribution is 0.0350. The molecule has 0 radical (unpaired) electrons. The van der Waals surface area contributed by atoms with E-state index >= 15 is 0 Å². The van der Waals surface area contributed by atoms with Crippen LogP contribution in [0.2, 0.25) is 0 Å². The summed E-state index contributed by atoms with van der Waals surface area (Å²) in [5, 5.41) is 13.3. The van der Waals surface area contributed by atoms with Crippen LogP contribution in [0.5, 0.6) is 0 Å². The van der Waals surface area contributed by atoms with Crippen LogP contribution in [0.25, 0.3) is 0 Å². The molecule has 0 aliphatic carbocycles. The second-order valence-corrected chi connectivity index (χ2v) is 5.90. The molecule has 0 saturated carbocycles. The summed E-state index contributed by atoms with van der Waals surface area (Å²) in [5.41, 5.74) is 0.990. The van der Waals surface area contributed by atoms with Crippen LogP contribution in [0, 0.1) is 5.82 Å². The molecular weight excluding hydrogens is 271 g/mol. The molecule has 2 N–H and O–H groups in total.